The molecule has 0 spiro atoms. The Bertz CT molecular complexity index is 470. The van der Waals surface area contributed by atoms with Gasteiger partial charge in [-0.2, -0.15) is 4.98 Å². The van der Waals surface area contributed by atoms with Crippen molar-refractivity contribution in [2.45, 2.75) is 33.2 Å². The molecule has 0 aliphatic heterocycles. The van der Waals surface area contributed by atoms with Gasteiger partial charge in [0.15, 0.2) is 5.82 Å². The smallest absolute Gasteiger partial charge is 0.244 e. The van der Waals surface area contributed by atoms with Crippen molar-refractivity contribution < 1.29 is 4.52 Å². The lowest BCUT2D eigenvalue weighted by Crippen LogP contribution is -2.26. The fraction of sp³-hybridized carbons (Fsp3) is 0.500. The molecule has 0 aliphatic rings. The van der Waals surface area contributed by atoms with Gasteiger partial charge in [-0.25, -0.2) is 0 Å². The summed E-state index contributed by atoms with van der Waals surface area (Å²) < 4.78 is 5.22. The van der Waals surface area contributed by atoms with Crippen LogP contribution >= 0.6 is 11.3 Å². The topological polar surface area (TPSA) is 64.9 Å². The minimum atomic E-state index is -0.230. The Hall–Kier alpha value is -1.20. The van der Waals surface area contributed by atoms with Crippen molar-refractivity contribution in [3.63, 3.8) is 0 Å². The Balaban J connectivity index is 2.11. The molecule has 2 aromatic heterocycles. The Morgan fingerprint density at radius 2 is 2.24 bits per heavy atom. The van der Waals surface area contributed by atoms with Crippen molar-refractivity contribution in [2.75, 3.05) is 0 Å². The van der Waals surface area contributed by atoms with Gasteiger partial charge < -0.3 is 10.3 Å². The van der Waals surface area contributed by atoms with Gasteiger partial charge in [-0.05, 0) is 16.9 Å². The molecular formula is C12H17N3OS. The van der Waals surface area contributed by atoms with E-state index >= 15 is 0 Å². The van der Waals surface area contributed by atoms with Gasteiger partial charge in [0.2, 0.25) is 5.89 Å². The lowest BCUT2D eigenvalue weighted by atomic mass is 9.87. The van der Waals surface area contributed by atoms with E-state index in [4.69, 9.17) is 10.3 Å². The number of hydrogen-bond donors (Lipinski definition) is 1. The Kier molecular flexibility index (Phi) is 3.31. The highest BCUT2D eigenvalue weighted by molar-refractivity contribution is 7.09. The summed E-state index contributed by atoms with van der Waals surface area (Å²) in [6.45, 7) is 6.17. The van der Waals surface area contributed by atoms with Crippen LogP contribution in [-0.2, 0) is 6.42 Å². The van der Waals surface area contributed by atoms with Crippen LogP contribution in [-0.4, -0.2) is 10.1 Å². The Labute approximate surface area is 105 Å². The maximum absolute atomic E-state index is 6.07. The summed E-state index contributed by atoms with van der Waals surface area (Å²) in [5, 5.41) is 6.01. The second-order valence-corrected chi connectivity index (χ2v) is 6.18. The molecule has 92 valence electrons. The number of nitrogens with zero attached hydrogens (tertiary/aromatic N) is 2. The molecule has 0 bridgehead atoms. The molecule has 2 rings (SSSR count). The first-order valence-corrected chi connectivity index (χ1v) is 6.45. The van der Waals surface area contributed by atoms with E-state index in [-0.39, 0.29) is 11.5 Å². The van der Waals surface area contributed by atoms with Crippen LogP contribution in [0.1, 0.15) is 43.4 Å². The SMILES string of the molecule is CC(C)(C)[C@H](N)c1nc(Cc2cccs2)no1. The standard InChI is InChI=1S/C12H17N3OS/c1-12(2,3)10(13)11-14-9(15-16-11)7-8-5-4-6-17-8/h4-6,10H,7,13H2,1-3H3/t10-/m1/s1. The number of rotatable bonds is 3. The monoisotopic (exact) mass is 251 g/mol. The first kappa shape index (κ1) is 12.3. The highest BCUT2D eigenvalue weighted by atomic mass is 32.1. The summed E-state index contributed by atoms with van der Waals surface area (Å²) in [5.74, 6) is 1.21. The van der Waals surface area contributed by atoms with Gasteiger partial charge in [0, 0.05) is 11.3 Å². The second kappa shape index (κ2) is 4.58. The van der Waals surface area contributed by atoms with Gasteiger partial charge in [0.05, 0.1) is 6.04 Å². The zero-order valence-corrected chi connectivity index (χ0v) is 11.1. The third kappa shape index (κ3) is 2.92. The van der Waals surface area contributed by atoms with Gasteiger partial charge in [-0.3, -0.25) is 0 Å². The average molecular weight is 251 g/mol. The maximum Gasteiger partial charge on any atom is 0.244 e. The van der Waals surface area contributed by atoms with Gasteiger partial charge in [-0.1, -0.05) is 32.0 Å². The second-order valence-electron chi connectivity index (χ2n) is 5.15. The van der Waals surface area contributed by atoms with Crippen molar-refractivity contribution in [1.82, 2.24) is 10.1 Å². The van der Waals surface area contributed by atoms with Crippen molar-refractivity contribution in [2.24, 2.45) is 11.1 Å². The van der Waals surface area contributed by atoms with E-state index < -0.39 is 0 Å². The minimum Gasteiger partial charge on any atom is -0.338 e. The molecule has 0 saturated carbocycles. The highest BCUT2D eigenvalue weighted by Crippen LogP contribution is 2.29. The van der Waals surface area contributed by atoms with Gasteiger partial charge in [0.1, 0.15) is 0 Å². The zero-order chi connectivity index (χ0) is 12.5. The predicted octanol–water partition coefficient (Wildman–Crippen LogP) is 2.77. The molecule has 2 heterocycles. The number of hydrogen-bond acceptors (Lipinski definition) is 5. The Morgan fingerprint density at radius 3 is 2.82 bits per heavy atom. The van der Waals surface area contributed by atoms with E-state index in [9.17, 15) is 0 Å². The maximum atomic E-state index is 6.07. The van der Waals surface area contributed by atoms with Crippen molar-refractivity contribution in [1.29, 1.82) is 0 Å². The van der Waals surface area contributed by atoms with Crippen LogP contribution in [0.2, 0.25) is 0 Å². The molecule has 2 N–H and O–H groups in total. The fourth-order valence-electron chi connectivity index (χ4n) is 1.41. The van der Waals surface area contributed by atoms with Crippen LogP contribution in [0.3, 0.4) is 0 Å². The zero-order valence-electron chi connectivity index (χ0n) is 10.3. The molecule has 0 radical (unpaired) electrons. The van der Waals surface area contributed by atoms with Crippen molar-refractivity contribution in [3.8, 4) is 0 Å². The van der Waals surface area contributed by atoms with Crippen LogP contribution in [0.25, 0.3) is 0 Å². The molecule has 17 heavy (non-hydrogen) atoms. The number of nitrogens with two attached hydrogens (primary N) is 1. The molecule has 2 aromatic rings. The van der Waals surface area contributed by atoms with Crippen LogP contribution in [0.5, 0.6) is 0 Å². The van der Waals surface area contributed by atoms with Crippen LogP contribution < -0.4 is 5.73 Å². The molecule has 0 fully saturated rings. The van der Waals surface area contributed by atoms with E-state index in [1.54, 1.807) is 11.3 Å². The van der Waals surface area contributed by atoms with Crippen molar-refractivity contribution >= 4 is 11.3 Å². The van der Waals surface area contributed by atoms with Gasteiger partial charge in [-0.15, -0.1) is 11.3 Å². The molecular weight excluding hydrogens is 234 g/mol. The number of aromatic nitrogens is 2. The molecule has 0 amide bonds. The van der Waals surface area contributed by atoms with Crippen LogP contribution in [0.15, 0.2) is 22.0 Å². The molecule has 0 aliphatic carbocycles. The quantitative estimate of drug-likeness (QED) is 0.911. The van der Waals surface area contributed by atoms with Gasteiger partial charge >= 0.3 is 0 Å². The summed E-state index contributed by atoms with van der Waals surface area (Å²) in [6, 6.07) is 3.85. The third-order valence-corrected chi connectivity index (χ3v) is 3.47. The molecule has 4 nitrogen and oxygen atoms in total. The molecule has 0 aromatic carbocycles. The summed E-state index contributed by atoms with van der Waals surface area (Å²) in [6.07, 6.45) is 0.706. The van der Waals surface area contributed by atoms with Gasteiger partial charge in [0.25, 0.3) is 0 Å². The first-order valence-electron chi connectivity index (χ1n) is 5.57. The molecule has 5 heteroatoms. The third-order valence-electron chi connectivity index (χ3n) is 2.60. The molecule has 1 atom stereocenters. The Morgan fingerprint density at radius 1 is 1.47 bits per heavy atom. The highest BCUT2D eigenvalue weighted by Gasteiger charge is 2.27. The minimum absolute atomic E-state index is 0.0767. The normalized spacial score (nSPS) is 13.9. The van der Waals surface area contributed by atoms with Crippen molar-refractivity contribution in [3.05, 3.63) is 34.1 Å². The first-order chi connectivity index (χ1) is 7.97. The van der Waals surface area contributed by atoms with Crippen LogP contribution in [0.4, 0.5) is 0 Å². The van der Waals surface area contributed by atoms with Crippen LogP contribution in [0, 0.1) is 5.41 Å². The summed E-state index contributed by atoms with van der Waals surface area (Å²) >= 11 is 1.69. The van der Waals surface area contributed by atoms with E-state index in [2.05, 4.69) is 37.0 Å². The van der Waals surface area contributed by atoms with E-state index in [1.807, 2.05) is 11.4 Å². The lowest BCUT2D eigenvalue weighted by Gasteiger charge is -2.23. The summed E-state index contributed by atoms with van der Waals surface area (Å²) in [4.78, 5) is 5.58. The predicted molar refractivity (Wildman–Crippen MR) is 67.8 cm³/mol. The summed E-state index contributed by atoms with van der Waals surface area (Å²) in [5.41, 5.74) is 5.99. The van der Waals surface area contributed by atoms with E-state index in [0.717, 1.165) is 0 Å². The van der Waals surface area contributed by atoms with E-state index in [0.29, 0.717) is 18.1 Å². The molecule has 0 saturated heterocycles. The van der Waals surface area contributed by atoms with E-state index in [1.165, 1.54) is 4.88 Å². The number of thiophene rings is 1. The lowest BCUT2D eigenvalue weighted by molar-refractivity contribution is 0.252. The fourth-order valence-corrected chi connectivity index (χ4v) is 2.11. The molecule has 0 unspecified atom stereocenters. The largest absolute Gasteiger partial charge is 0.338 e. The summed E-state index contributed by atoms with van der Waals surface area (Å²) in [7, 11) is 0. The average Bonchev–Trinajstić information content (AvgIpc) is 2.87.